The zero-order valence-corrected chi connectivity index (χ0v) is 11.4. The third kappa shape index (κ3) is 3.39. The van der Waals surface area contributed by atoms with Crippen molar-refractivity contribution in [3.63, 3.8) is 0 Å². The molecule has 0 radical (unpaired) electrons. The first-order valence-corrected chi connectivity index (χ1v) is 6.28. The van der Waals surface area contributed by atoms with Gasteiger partial charge in [-0.25, -0.2) is 4.98 Å². The summed E-state index contributed by atoms with van der Waals surface area (Å²) >= 11 is 0. The average molecular weight is 268 g/mol. The van der Waals surface area contributed by atoms with Gasteiger partial charge in [-0.1, -0.05) is 0 Å². The Hall–Kier alpha value is -2.74. The van der Waals surface area contributed by atoms with Gasteiger partial charge in [0.2, 0.25) is 0 Å². The maximum absolute atomic E-state index is 9.06. The Kier molecular flexibility index (Phi) is 4.06. The van der Waals surface area contributed by atoms with Crippen molar-refractivity contribution in [1.82, 2.24) is 4.98 Å². The SMILES string of the molecule is CC(C)Oc1ccc(Nc2ncc(N)cc2C#N)cc1. The van der Waals surface area contributed by atoms with Crippen molar-refractivity contribution in [2.24, 2.45) is 0 Å². The van der Waals surface area contributed by atoms with Crippen LogP contribution in [0.2, 0.25) is 0 Å². The van der Waals surface area contributed by atoms with E-state index in [1.807, 2.05) is 38.1 Å². The molecule has 1 aromatic heterocycles. The van der Waals surface area contributed by atoms with Crippen molar-refractivity contribution < 1.29 is 4.74 Å². The minimum absolute atomic E-state index is 0.137. The van der Waals surface area contributed by atoms with Crippen molar-refractivity contribution >= 4 is 17.2 Å². The molecule has 20 heavy (non-hydrogen) atoms. The summed E-state index contributed by atoms with van der Waals surface area (Å²) in [6.45, 7) is 3.95. The van der Waals surface area contributed by atoms with E-state index in [2.05, 4.69) is 16.4 Å². The predicted octanol–water partition coefficient (Wildman–Crippen LogP) is 3.07. The van der Waals surface area contributed by atoms with E-state index in [1.165, 1.54) is 6.20 Å². The molecule has 0 aliphatic carbocycles. The van der Waals surface area contributed by atoms with Crippen LogP contribution in [0.3, 0.4) is 0 Å². The zero-order valence-electron chi connectivity index (χ0n) is 11.4. The molecule has 2 rings (SSSR count). The van der Waals surface area contributed by atoms with Crippen molar-refractivity contribution in [3.8, 4) is 11.8 Å². The maximum Gasteiger partial charge on any atom is 0.148 e. The fraction of sp³-hybridized carbons (Fsp3) is 0.200. The van der Waals surface area contributed by atoms with Crippen LogP contribution in [0, 0.1) is 11.3 Å². The number of benzene rings is 1. The van der Waals surface area contributed by atoms with Gasteiger partial charge in [-0.3, -0.25) is 0 Å². The summed E-state index contributed by atoms with van der Waals surface area (Å²) in [5.41, 5.74) is 7.31. The van der Waals surface area contributed by atoms with Crippen LogP contribution in [0.25, 0.3) is 0 Å². The number of rotatable bonds is 4. The highest BCUT2D eigenvalue weighted by molar-refractivity contribution is 5.65. The van der Waals surface area contributed by atoms with Crippen molar-refractivity contribution in [2.75, 3.05) is 11.1 Å². The van der Waals surface area contributed by atoms with Gasteiger partial charge in [0.05, 0.1) is 23.6 Å². The lowest BCUT2D eigenvalue weighted by molar-refractivity contribution is 0.242. The van der Waals surface area contributed by atoms with Gasteiger partial charge in [-0.15, -0.1) is 0 Å². The molecule has 0 unspecified atom stereocenters. The summed E-state index contributed by atoms with van der Waals surface area (Å²) in [6.07, 6.45) is 1.65. The number of hydrogen-bond donors (Lipinski definition) is 2. The number of nitrogens with two attached hydrogens (primary N) is 1. The van der Waals surface area contributed by atoms with Crippen LogP contribution in [-0.2, 0) is 0 Å². The van der Waals surface area contributed by atoms with Crippen LogP contribution >= 0.6 is 0 Å². The minimum Gasteiger partial charge on any atom is -0.491 e. The van der Waals surface area contributed by atoms with E-state index in [0.717, 1.165) is 11.4 Å². The topological polar surface area (TPSA) is 84.0 Å². The van der Waals surface area contributed by atoms with Gasteiger partial charge in [0, 0.05) is 5.69 Å². The Balaban J connectivity index is 2.16. The largest absolute Gasteiger partial charge is 0.491 e. The van der Waals surface area contributed by atoms with Crippen molar-refractivity contribution in [3.05, 3.63) is 42.1 Å². The van der Waals surface area contributed by atoms with E-state index in [1.54, 1.807) is 6.07 Å². The van der Waals surface area contributed by atoms with E-state index in [4.69, 9.17) is 15.7 Å². The zero-order chi connectivity index (χ0) is 14.5. The lowest BCUT2D eigenvalue weighted by Crippen LogP contribution is -2.05. The Bertz CT molecular complexity index is 629. The van der Waals surface area contributed by atoms with E-state index >= 15 is 0 Å². The van der Waals surface area contributed by atoms with E-state index < -0.39 is 0 Å². The van der Waals surface area contributed by atoms with E-state index in [-0.39, 0.29) is 6.10 Å². The first kappa shape index (κ1) is 13.7. The molecule has 0 spiro atoms. The fourth-order valence-corrected chi connectivity index (χ4v) is 1.69. The number of nitriles is 1. The normalized spacial score (nSPS) is 10.1. The lowest BCUT2D eigenvalue weighted by atomic mass is 10.2. The van der Waals surface area contributed by atoms with Gasteiger partial charge in [-0.2, -0.15) is 5.26 Å². The number of nitrogens with zero attached hydrogens (tertiary/aromatic N) is 2. The minimum atomic E-state index is 0.137. The fourth-order valence-electron chi connectivity index (χ4n) is 1.69. The molecule has 1 aromatic carbocycles. The Morgan fingerprint density at radius 1 is 1.30 bits per heavy atom. The van der Waals surface area contributed by atoms with Crippen LogP contribution < -0.4 is 15.8 Å². The molecule has 0 bridgehead atoms. The van der Waals surface area contributed by atoms with Crippen molar-refractivity contribution in [2.45, 2.75) is 20.0 Å². The summed E-state index contributed by atoms with van der Waals surface area (Å²) in [5, 5.41) is 12.1. The molecule has 102 valence electrons. The molecule has 0 aliphatic heterocycles. The number of nitrogen functional groups attached to an aromatic ring is 1. The van der Waals surface area contributed by atoms with Crippen LogP contribution in [0.15, 0.2) is 36.5 Å². The Morgan fingerprint density at radius 2 is 2.00 bits per heavy atom. The van der Waals surface area contributed by atoms with Gasteiger partial charge in [-0.05, 0) is 44.2 Å². The van der Waals surface area contributed by atoms with E-state index in [9.17, 15) is 0 Å². The van der Waals surface area contributed by atoms with Crippen LogP contribution in [0.1, 0.15) is 19.4 Å². The molecule has 0 saturated carbocycles. The molecule has 1 heterocycles. The molecule has 5 nitrogen and oxygen atoms in total. The molecule has 5 heteroatoms. The highest BCUT2D eigenvalue weighted by atomic mass is 16.5. The first-order chi connectivity index (χ1) is 9.58. The lowest BCUT2D eigenvalue weighted by Gasteiger charge is -2.11. The number of ether oxygens (including phenoxy) is 1. The van der Waals surface area contributed by atoms with Crippen molar-refractivity contribution in [1.29, 1.82) is 5.26 Å². The third-order valence-corrected chi connectivity index (χ3v) is 2.52. The Labute approximate surface area is 118 Å². The predicted molar refractivity (Wildman–Crippen MR) is 78.9 cm³/mol. The van der Waals surface area contributed by atoms with Gasteiger partial charge in [0.15, 0.2) is 0 Å². The first-order valence-electron chi connectivity index (χ1n) is 6.28. The average Bonchev–Trinajstić information content (AvgIpc) is 2.42. The second-order valence-electron chi connectivity index (χ2n) is 4.59. The third-order valence-electron chi connectivity index (χ3n) is 2.52. The van der Waals surface area contributed by atoms with Crippen LogP contribution in [0.5, 0.6) is 5.75 Å². The highest BCUT2D eigenvalue weighted by Crippen LogP contribution is 2.22. The number of anilines is 3. The molecule has 0 atom stereocenters. The quantitative estimate of drug-likeness (QED) is 0.890. The summed E-state index contributed by atoms with van der Waals surface area (Å²) in [6, 6.07) is 11.1. The monoisotopic (exact) mass is 268 g/mol. The molecule has 2 aromatic rings. The summed E-state index contributed by atoms with van der Waals surface area (Å²) in [4.78, 5) is 4.13. The summed E-state index contributed by atoms with van der Waals surface area (Å²) in [5.74, 6) is 1.29. The van der Waals surface area contributed by atoms with Gasteiger partial charge >= 0.3 is 0 Å². The molecule has 3 N–H and O–H groups in total. The molecular weight excluding hydrogens is 252 g/mol. The number of hydrogen-bond acceptors (Lipinski definition) is 5. The molecular formula is C15H16N4O. The summed E-state index contributed by atoms with van der Waals surface area (Å²) in [7, 11) is 0. The number of aromatic nitrogens is 1. The number of pyridine rings is 1. The molecule has 0 amide bonds. The molecule has 0 fully saturated rings. The second-order valence-corrected chi connectivity index (χ2v) is 4.59. The van der Waals surface area contributed by atoms with Crippen LogP contribution in [0.4, 0.5) is 17.2 Å². The summed E-state index contributed by atoms with van der Waals surface area (Å²) < 4.78 is 5.57. The van der Waals surface area contributed by atoms with Gasteiger partial charge < -0.3 is 15.8 Å². The number of nitrogens with one attached hydrogen (secondary N) is 1. The van der Waals surface area contributed by atoms with Crippen LogP contribution in [-0.4, -0.2) is 11.1 Å². The molecule has 0 aliphatic rings. The van der Waals surface area contributed by atoms with Gasteiger partial charge in [0.1, 0.15) is 17.6 Å². The van der Waals surface area contributed by atoms with Gasteiger partial charge in [0.25, 0.3) is 0 Å². The maximum atomic E-state index is 9.06. The second kappa shape index (κ2) is 5.93. The Morgan fingerprint density at radius 3 is 2.60 bits per heavy atom. The highest BCUT2D eigenvalue weighted by Gasteiger charge is 2.05. The standard InChI is InChI=1S/C15H16N4O/c1-10(2)20-14-5-3-13(4-6-14)19-15-11(8-16)7-12(17)9-18-15/h3-7,9-10H,17H2,1-2H3,(H,18,19). The molecule has 0 saturated heterocycles. The smallest absolute Gasteiger partial charge is 0.148 e. The van der Waals surface area contributed by atoms with E-state index in [0.29, 0.717) is 17.1 Å².